The van der Waals surface area contributed by atoms with Crippen molar-refractivity contribution in [1.29, 1.82) is 0 Å². The molecule has 0 bridgehead atoms. The third-order valence-corrected chi connectivity index (χ3v) is 3.80. The number of ether oxygens (including phenoxy) is 2. The predicted molar refractivity (Wildman–Crippen MR) is 90.7 cm³/mol. The van der Waals surface area contributed by atoms with Crippen LogP contribution in [0.15, 0.2) is 12.1 Å². The van der Waals surface area contributed by atoms with Gasteiger partial charge >= 0.3 is 0 Å². The number of carbonyl (C=O) groups excluding carboxylic acids is 1. The molecular weight excluding hydrogens is 278 g/mol. The Morgan fingerprint density at radius 1 is 1.27 bits per heavy atom. The maximum Gasteiger partial charge on any atom is 0.211 e. The molecule has 22 heavy (non-hydrogen) atoms. The first-order chi connectivity index (χ1) is 10.4. The standard InChI is InChI=1S/C18H29NO3/c1-6-15-12-17(16(19-13-20)11-14(15)2)22-18(3,4)9-7-8-10-21-5/h11-13H,6-10H2,1-5H3,(H,19,20). The molecule has 0 radical (unpaired) electrons. The minimum atomic E-state index is -0.284. The minimum Gasteiger partial charge on any atom is -0.486 e. The largest absolute Gasteiger partial charge is 0.486 e. The van der Waals surface area contributed by atoms with E-state index in [2.05, 4.69) is 33.0 Å². The van der Waals surface area contributed by atoms with Gasteiger partial charge < -0.3 is 14.8 Å². The average molecular weight is 307 g/mol. The van der Waals surface area contributed by atoms with E-state index in [4.69, 9.17) is 9.47 Å². The molecule has 0 atom stereocenters. The molecule has 1 aromatic carbocycles. The van der Waals surface area contributed by atoms with Gasteiger partial charge in [0.1, 0.15) is 11.4 Å². The van der Waals surface area contributed by atoms with Gasteiger partial charge in [-0.1, -0.05) is 6.92 Å². The molecule has 4 heteroatoms. The summed E-state index contributed by atoms with van der Waals surface area (Å²) in [4.78, 5) is 10.8. The minimum absolute atomic E-state index is 0.284. The summed E-state index contributed by atoms with van der Waals surface area (Å²) >= 11 is 0. The Hall–Kier alpha value is -1.55. The van der Waals surface area contributed by atoms with Gasteiger partial charge in [0.05, 0.1) is 5.69 Å². The van der Waals surface area contributed by atoms with E-state index in [0.717, 1.165) is 49.3 Å². The Labute approximate surface area is 134 Å². The number of nitrogens with one attached hydrogen (secondary N) is 1. The molecule has 0 aliphatic heterocycles. The second-order valence-electron chi connectivity index (χ2n) is 6.20. The van der Waals surface area contributed by atoms with E-state index in [1.54, 1.807) is 7.11 Å². The Kier molecular flexibility index (Phi) is 7.39. The zero-order valence-electron chi connectivity index (χ0n) is 14.5. The van der Waals surface area contributed by atoms with Gasteiger partial charge in [0.2, 0.25) is 6.41 Å². The second-order valence-corrected chi connectivity index (χ2v) is 6.20. The summed E-state index contributed by atoms with van der Waals surface area (Å²) in [5.41, 5.74) is 2.85. The number of hydrogen-bond acceptors (Lipinski definition) is 3. The Bertz CT molecular complexity index is 483. The van der Waals surface area contributed by atoms with Gasteiger partial charge in [0, 0.05) is 13.7 Å². The fourth-order valence-electron chi connectivity index (χ4n) is 2.52. The molecule has 1 N–H and O–H groups in total. The van der Waals surface area contributed by atoms with Crippen LogP contribution < -0.4 is 10.1 Å². The lowest BCUT2D eigenvalue weighted by Crippen LogP contribution is -2.28. The van der Waals surface area contributed by atoms with Gasteiger partial charge in [-0.3, -0.25) is 4.79 Å². The fourth-order valence-corrected chi connectivity index (χ4v) is 2.52. The number of benzene rings is 1. The van der Waals surface area contributed by atoms with Crippen molar-refractivity contribution in [1.82, 2.24) is 0 Å². The molecule has 1 aromatic rings. The van der Waals surface area contributed by atoms with Crippen molar-refractivity contribution in [3.63, 3.8) is 0 Å². The van der Waals surface area contributed by atoms with E-state index < -0.39 is 0 Å². The van der Waals surface area contributed by atoms with E-state index >= 15 is 0 Å². The monoisotopic (exact) mass is 307 g/mol. The van der Waals surface area contributed by atoms with Crippen LogP contribution in [0.3, 0.4) is 0 Å². The van der Waals surface area contributed by atoms with Crippen LogP contribution in [-0.2, 0) is 16.0 Å². The van der Waals surface area contributed by atoms with Crippen LogP contribution in [-0.4, -0.2) is 25.7 Å². The van der Waals surface area contributed by atoms with E-state index in [9.17, 15) is 4.79 Å². The van der Waals surface area contributed by atoms with Crippen molar-refractivity contribution in [2.45, 2.75) is 59.0 Å². The van der Waals surface area contributed by atoms with Crippen molar-refractivity contribution in [3.05, 3.63) is 23.3 Å². The van der Waals surface area contributed by atoms with Gasteiger partial charge in [0.15, 0.2) is 0 Å². The Balaban J connectivity index is 2.86. The molecule has 124 valence electrons. The third kappa shape index (κ3) is 5.68. The smallest absolute Gasteiger partial charge is 0.211 e. The molecule has 0 spiro atoms. The summed E-state index contributed by atoms with van der Waals surface area (Å²) in [7, 11) is 1.72. The highest BCUT2D eigenvalue weighted by atomic mass is 16.5. The van der Waals surface area contributed by atoms with Crippen LogP contribution in [0.1, 0.15) is 51.2 Å². The molecule has 4 nitrogen and oxygen atoms in total. The summed E-state index contributed by atoms with van der Waals surface area (Å²) in [6.07, 6.45) is 4.64. The molecule has 0 aliphatic rings. The normalized spacial score (nSPS) is 11.3. The first-order valence-electron chi connectivity index (χ1n) is 7.95. The van der Waals surface area contributed by atoms with Gasteiger partial charge in [-0.15, -0.1) is 0 Å². The van der Waals surface area contributed by atoms with Crippen molar-refractivity contribution in [3.8, 4) is 5.75 Å². The SMILES string of the molecule is CCc1cc(OC(C)(C)CCCCOC)c(NC=O)cc1C. The Morgan fingerprint density at radius 3 is 2.59 bits per heavy atom. The number of hydrogen-bond donors (Lipinski definition) is 1. The number of anilines is 1. The van der Waals surface area contributed by atoms with Crippen molar-refractivity contribution in [2.24, 2.45) is 0 Å². The highest BCUT2D eigenvalue weighted by molar-refractivity contribution is 5.76. The third-order valence-electron chi connectivity index (χ3n) is 3.80. The molecule has 0 aliphatic carbocycles. The highest BCUT2D eigenvalue weighted by Gasteiger charge is 2.21. The van der Waals surface area contributed by atoms with Crippen molar-refractivity contribution >= 4 is 12.1 Å². The van der Waals surface area contributed by atoms with Crippen molar-refractivity contribution in [2.75, 3.05) is 19.0 Å². The lowest BCUT2D eigenvalue weighted by atomic mass is 10.00. The molecule has 0 saturated carbocycles. The molecule has 1 rings (SSSR count). The highest BCUT2D eigenvalue weighted by Crippen LogP contribution is 2.33. The molecule has 1 amide bonds. The number of amides is 1. The zero-order valence-corrected chi connectivity index (χ0v) is 14.5. The molecule has 0 fully saturated rings. The first kappa shape index (κ1) is 18.5. The van der Waals surface area contributed by atoms with Crippen LogP contribution in [0, 0.1) is 6.92 Å². The summed E-state index contributed by atoms with van der Waals surface area (Å²) in [5.74, 6) is 0.742. The van der Waals surface area contributed by atoms with Crippen molar-refractivity contribution < 1.29 is 14.3 Å². The molecular formula is C18H29NO3. The number of methoxy groups -OCH3 is 1. The van der Waals surface area contributed by atoms with E-state index in [1.807, 2.05) is 12.1 Å². The van der Waals surface area contributed by atoms with Crippen LogP contribution in [0.25, 0.3) is 0 Å². The van der Waals surface area contributed by atoms with Gasteiger partial charge in [-0.05, 0) is 69.7 Å². The number of aryl methyl sites for hydroxylation is 2. The Morgan fingerprint density at radius 2 is 2.00 bits per heavy atom. The second kappa shape index (κ2) is 8.79. The maximum absolute atomic E-state index is 10.8. The predicted octanol–water partition coefficient (Wildman–Crippen LogP) is 4.10. The number of carbonyl (C=O) groups is 1. The van der Waals surface area contributed by atoms with Gasteiger partial charge in [-0.25, -0.2) is 0 Å². The molecule has 0 saturated heterocycles. The molecule has 0 aromatic heterocycles. The quantitative estimate of drug-likeness (QED) is 0.523. The average Bonchev–Trinajstić information content (AvgIpc) is 2.46. The van der Waals surface area contributed by atoms with Gasteiger partial charge in [-0.2, -0.15) is 0 Å². The van der Waals surface area contributed by atoms with Gasteiger partial charge in [0.25, 0.3) is 0 Å². The lowest BCUT2D eigenvalue weighted by molar-refractivity contribution is -0.105. The lowest BCUT2D eigenvalue weighted by Gasteiger charge is -2.28. The number of rotatable bonds is 10. The molecule has 0 heterocycles. The van der Waals surface area contributed by atoms with Crippen LogP contribution in [0.2, 0.25) is 0 Å². The first-order valence-corrected chi connectivity index (χ1v) is 7.95. The molecule has 0 unspecified atom stereocenters. The van der Waals surface area contributed by atoms with E-state index in [0.29, 0.717) is 6.41 Å². The van der Waals surface area contributed by atoms with Crippen LogP contribution in [0.5, 0.6) is 5.75 Å². The zero-order chi connectivity index (χ0) is 16.6. The summed E-state index contributed by atoms with van der Waals surface area (Å²) in [6, 6.07) is 4.02. The summed E-state index contributed by atoms with van der Waals surface area (Å²) in [6.45, 7) is 9.10. The van der Waals surface area contributed by atoms with E-state index in [1.165, 1.54) is 5.56 Å². The summed E-state index contributed by atoms with van der Waals surface area (Å²) in [5, 5.41) is 2.74. The number of unbranched alkanes of at least 4 members (excludes halogenated alkanes) is 1. The topological polar surface area (TPSA) is 47.6 Å². The summed E-state index contributed by atoms with van der Waals surface area (Å²) < 4.78 is 11.3. The van der Waals surface area contributed by atoms with E-state index in [-0.39, 0.29) is 5.60 Å². The fraction of sp³-hybridized carbons (Fsp3) is 0.611. The van der Waals surface area contributed by atoms with Crippen LogP contribution >= 0.6 is 0 Å². The maximum atomic E-state index is 10.8. The van der Waals surface area contributed by atoms with Crippen LogP contribution in [0.4, 0.5) is 5.69 Å².